The van der Waals surface area contributed by atoms with Gasteiger partial charge in [-0.15, -0.1) is 0 Å². The summed E-state index contributed by atoms with van der Waals surface area (Å²) in [6.07, 6.45) is 7.30. The first-order valence-electron chi connectivity index (χ1n) is 18.2. The van der Waals surface area contributed by atoms with Crippen LogP contribution in [-0.2, 0) is 40.2 Å². The number of hydrogen-bond donors (Lipinski definition) is 0. The number of benzene rings is 5. The molecule has 8 heteroatoms. The maximum Gasteiger partial charge on any atom is 0.308 e. The van der Waals surface area contributed by atoms with Crippen molar-refractivity contribution < 1.29 is 19.2 Å². The van der Waals surface area contributed by atoms with E-state index in [1.54, 1.807) is 24.5 Å². The lowest BCUT2D eigenvalue weighted by atomic mass is 9.69. The predicted octanol–water partition coefficient (Wildman–Crippen LogP) is 7.78. The van der Waals surface area contributed by atoms with Crippen LogP contribution in [0.1, 0.15) is 71.4 Å². The number of rotatable bonds is 8. The number of ether oxygens (including phenoxy) is 1. The summed E-state index contributed by atoms with van der Waals surface area (Å²) < 4.78 is 5.29. The molecule has 3 aliphatic rings. The molecule has 0 saturated heterocycles. The zero-order valence-corrected chi connectivity index (χ0v) is 29.7. The van der Waals surface area contributed by atoms with Gasteiger partial charge in [-0.2, -0.15) is 0 Å². The number of ketones is 1. The van der Waals surface area contributed by atoms with Crippen LogP contribution in [0.3, 0.4) is 0 Å². The van der Waals surface area contributed by atoms with Gasteiger partial charge in [0.15, 0.2) is 0 Å². The molecule has 53 heavy (non-hydrogen) atoms. The lowest BCUT2D eigenvalue weighted by molar-refractivity contribution is -0.385. The Hall–Kier alpha value is -6.02. The molecule has 0 amide bonds. The van der Waals surface area contributed by atoms with E-state index in [2.05, 4.69) is 41.2 Å². The molecule has 0 radical (unpaired) electrons. The van der Waals surface area contributed by atoms with Crippen LogP contribution in [0, 0.1) is 10.1 Å². The van der Waals surface area contributed by atoms with Crippen molar-refractivity contribution in [1.82, 2.24) is 0 Å². The van der Waals surface area contributed by atoms with Gasteiger partial charge in [-0.3, -0.25) is 29.7 Å². The summed E-state index contributed by atoms with van der Waals surface area (Å²) in [7, 11) is 0. The number of para-hydroxylation sites is 1. The molecule has 1 heterocycles. The fraction of sp³-hybridized carbons (Fsp3) is 0.244. The number of hydrogen-bond acceptors (Lipinski definition) is 7. The van der Waals surface area contributed by atoms with Crippen molar-refractivity contribution in [3.63, 3.8) is 0 Å². The number of nitro benzene ring substituents is 1. The summed E-state index contributed by atoms with van der Waals surface area (Å²) in [4.78, 5) is 45.2. The molecule has 1 aliphatic heterocycles. The number of aryl methyl sites for hydroxylation is 1. The first-order chi connectivity index (χ1) is 25.9. The Morgan fingerprint density at radius 1 is 0.830 bits per heavy atom. The van der Waals surface area contributed by atoms with Gasteiger partial charge in [-0.1, -0.05) is 110 Å². The van der Waals surface area contributed by atoms with Crippen molar-refractivity contribution in [2.75, 3.05) is 0 Å². The Bertz CT molecular complexity index is 2300. The normalized spacial score (nSPS) is 17.9. The SMILES string of the molecule is CC1CC(=O)C(CCc2ccccc2)c2c1ccc1c2CCc2c-1cccc2[N+](=O)[O-].O=C(CC1C=NC=c2ccccc2=N1)OCc1ccccc1. The summed E-state index contributed by atoms with van der Waals surface area (Å²) in [5.41, 5.74) is 8.97. The third-order valence-corrected chi connectivity index (χ3v) is 10.3. The van der Waals surface area contributed by atoms with E-state index in [-0.39, 0.29) is 47.5 Å². The molecule has 0 bridgehead atoms. The van der Waals surface area contributed by atoms with Crippen LogP contribution in [-0.4, -0.2) is 28.9 Å². The van der Waals surface area contributed by atoms with Crippen LogP contribution in [0.4, 0.5) is 5.69 Å². The predicted molar refractivity (Wildman–Crippen MR) is 206 cm³/mol. The minimum absolute atomic E-state index is 0.0957. The zero-order chi connectivity index (χ0) is 36.7. The fourth-order valence-electron chi connectivity index (χ4n) is 7.75. The van der Waals surface area contributed by atoms with Crippen molar-refractivity contribution in [2.45, 2.75) is 69.9 Å². The van der Waals surface area contributed by atoms with Gasteiger partial charge >= 0.3 is 5.97 Å². The van der Waals surface area contributed by atoms with E-state index in [4.69, 9.17) is 4.74 Å². The quantitative estimate of drug-likeness (QED) is 0.0931. The molecule has 2 aliphatic carbocycles. The maximum atomic E-state index is 13.2. The summed E-state index contributed by atoms with van der Waals surface area (Å²) in [5, 5.41) is 13.3. The largest absolute Gasteiger partial charge is 0.461 e. The van der Waals surface area contributed by atoms with Crippen molar-refractivity contribution in [2.24, 2.45) is 9.98 Å². The highest BCUT2D eigenvalue weighted by atomic mass is 16.6. The van der Waals surface area contributed by atoms with Crippen molar-refractivity contribution in [3.8, 4) is 11.1 Å². The average molecular weight is 704 g/mol. The first-order valence-corrected chi connectivity index (χ1v) is 18.2. The number of fused-ring (bicyclic) bond motifs is 6. The molecule has 5 aromatic rings. The fourth-order valence-corrected chi connectivity index (χ4v) is 7.75. The molecular weight excluding hydrogens is 663 g/mol. The lowest BCUT2D eigenvalue weighted by Crippen LogP contribution is -2.26. The number of aliphatic imine (C=N–C) groups is 1. The van der Waals surface area contributed by atoms with Crippen molar-refractivity contribution >= 4 is 29.9 Å². The maximum absolute atomic E-state index is 13.2. The molecule has 0 saturated carbocycles. The molecule has 0 N–H and O–H groups in total. The molecule has 3 unspecified atom stereocenters. The van der Waals surface area contributed by atoms with E-state index in [9.17, 15) is 19.7 Å². The van der Waals surface area contributed by atoms with Gasteiger partial charge in [0.1, 0.15) is 12.4 Å². The molecule has 5 aromatic carbocycles. The van der Waals surface area contributed by atoms with Crippen LogP contribution in [0.5, 0.6) is 0 Å². The second-order valence-electron chi connectivity index (χ2n) is 13.8. The van der Waals surface area contributed by atoms with Gasteiger partial charge in [0.25, 0.3) is 5.69 Å². The Balaban J connectivity index is 0.000000174. The van der Waals surface area contributed by atoms with Gasteiger partial charge in [-0.25, -0.2) is 0 Å². The minimum Gasteiger partial charge on any atom is -0.461 e. The van der Waals surface area contributed by atoms with Gasteiger partial charge in [0.05, 0.1) is 22.7 Å². The Morgan fingerprint density at radius 3 is 2.30 bits per heavy atom. The topological polar surface area (TPSA) is 111 Å². The smallest absolute Gasteiger partial charge is 0.308 e. The van der Waals surface area contributed by atoms with E-state index in [0.29, 0.717) is 18.6 Å². The highest BCUT2D eigenvalue weighted by Gasteiger charge is 2.36. The Morgan fingerprint density at radius 2 is 1.53 bits per heavy atom. The second-order valence-corrected chi connectivity index (χ2v) is 13.8. The lowest BCUT2D eigenvalue weighted by Gasteiger charge is -2.34. The second kappa shape index (κ2) is 16.1. The highest BCUT2D eigenvalue weighted by molar-refractivity contribution is 5.91. The van der Waals surface area contributed by atoms with Crippen molar-refractivity contribution in [3.05, 3.63) is 169 Å². The van der Waals surface area contributed by atoms with Crippen molar-refractivity contribution in [1.29, 1.82) is 0 Å². The van der Waals surface area contributed by atoms with Crippen LogP contribution < -0.4 is 10.6 Å². The van der Waals surface area contributed by atoms with Gasteiger partial charge < -0.3 is 4.74 Å². The highest BCUT2D eigenvalue weighted by Crippen LogP contribution is 2.47. The molecule has 0 aromatic heterocycles. The summed E-state index contributed by atoms with van der Waals surface area (Å²) in [5.74, 6) is 0.173. The molecule has 3 atom stereocenters. The Labute approximate surface area is 308 Å². The van der Waals surface area contributed by atoms with Gasteiger partial charge in [0, 0.05) is 41.6 Å². The average Bonchev–Trinajstić information content (AvgIpc) is 3.39. The molecular formula is C45H41N3O5. The number of Topliss-reactive ketones (excluding diaryl/α,β-unsaturated/α-hetero) is 1. The number of esters is 1. The third kappa shape index (κ3) is 8.07. The summed E-state index contributed by atoms with van der Waals surface area (Å²) in [6.45, 7) is 2.42. The summed E-state index contributed by atoms with van der Waals surface area (Å²) >= 11 is 0. The molecule has 0 fully saturated rings. The molecule has 8 rings (SSSR count). The number of carbonyl (C=O) groups excluding carboxylic acids is 2. The van der Waals surface area contributed by atoms with E-state index in [1.807, 2.05) is 78.9 Å². The first kappa shape index (κ1) is 35.4. The van der Waals surface area contributed by atoms with Crippen LogP contribution in [0.25, 0.3) is 17.3 Å². The number of nitro groups is 1. The number of carbonyl (C=O) groups is 2. The van der Waals surface area contributed by atoms with Crippen LogP contribution in [0.15, 0.2) is 125 Å². The number of nitrogens with zero attached hydrogens (tertiary/aromatic N) is 3. The van der Waals surface area contributed by atoms with Crippen LogP contribution >= 0.6 is 0 Å². The van der Waals surface area contributed by atoms with Gasteiger partial charge in [0.2, 0.25) is 0 Å². The third-order valence-electron chi connectivity index (χ3n) is 10.3. The van der Waals surface area contributed by atoms with E-state index >= 15 is 0 Å². The van der Waals surface area contributed by atoms with Crippen LogP contribution in [0.2, 0.25) is 0 Å². The Kier molecular flexibility index (Phi) is 10.8. The minimum atomic E-state index is -0.289. The standard InChI is InChI=1S/C27H25NO3.C18H16N2O2/c1-17-16-26(29)24(11-10-18-6-3-2-4-7-18)27-19(17)12-13-21-20-8-5-9-25(28(30)31)22(20)14-15-23(21)27;21-18(22-13-14-6-2-1-3-7-14)10-16-12-19-11-15-8-4-5-9-17(15)20-16/h2-9,12-13,17,24H,10-11,14-16H2,1H3;1-9,11-12,16H,10,13H2. The van der Waals surface area contributed by atoms with E-state index < -0.39 is 0 Å². The summed E-state index contributed by atoms with van der Waals surface area (Å²) in [6, 6.07) is 37.0. The van der Waals surface area contributed by atoms with Gasteiger partial charge in [-0.05, 0) is 76.6 Å². The molecule has 266 valence electrons. The zero-order valence-electron chi connectivity index (χ0n) is 29.7. The molecule has 0 spiro atoms. The van der Waals surface area contributed by atoms with E-state index in [1.165, 1.54) is 22.3 Å². The molecule has 8 nitrogen and oxygen atoms in total. The van der Waals surface area contributed by atoms with E-state index in [0.717, 1.165) is 52.1 Å². The monoisotopic (exact) mass is 703 g/mol.